The molecule has 0 bridgehead atoms. The highest BCUT2D eigenvalue weighted by Crippen LogP contribution is 2.42. The van der Waals surface area contributed by atoms with Gasteiger partial charge in [0.25, 0.3) is 0 Å². The van der Waals surface area contributed by atoms with E-state index in [1.807, 2.05) is 0 Å². The van der Waals surface area contributed by atoms with Crippen molar-refractivity contribution < 1.29 is 63.4 Å². The zero-order valence-corrected chi connectivity index (χ0v) is 21.3. The summed E-state index contributed by atoms with van der Waals surface area (Å²) in [5.74, 6) is -2.43. The quantitative estimate of drug-likeness (QED) is 0.117. The van der Waals surface area contributed by atoms with Gasteiger partial charge in [-0.2, -0.15) is 0 Å². The van der Waals surface area contributed by atoms with Crippen LogP contribution in [0.3, 0.4) is 0 Å². The maximum absolute atomic E-state index is 11.2. The summed E-state index contributed by atoms with van der Waals surface area (Å²) in [5.41, 5.74) is 1.55. The summed E-state index contributed by atoms with van der Waals surface area (Å²) in [6.45, 7) is 0.217. The summed E-state index contributed by atoms with van der Waals surface area (Å²) >= 11 is 0. The van der Waals surface area contributed by atoms with Gasteiger partial charge in [0.05, 0.1) is 41.4 Å². The number of esters is 3. The number of carbonyl (C=O) groups excluding carboxylic acids is 3. The number of nitrogens with zero attached hydrogens (tertiary/aromatic N) is 1. The van der Waals surface area contributed by atoms with Crippen LogP contribution in [0.15, 0.2) is 30.3 Å². The Hall–Kier alpha value is -5.73. The predicted octanol–water partition coefficient (Wildman–Crippen LogP) is 2.82. The second-order valence-electron chi connectivity index (χ2n) is 8.47. The SMILES string of the molecule is COc1cc2c(cc1OC)C(=O)OC2.O=C1OCc2c1cc(O)c(O)c2[N+](=O)[O-].O=C1OCc2cc(O)c(O)cc21. The number of ether oxygens (including phenoxy) is 5. The van der Waals surface area contributed by atoms with Gasteiger partial charge in [0, 0.05) is 11.1 Å². The van der Waals surface area contributed by atoms with Crippen molar-refractivity contribution in [3.63, 3.8) is 0 Å². The van der Waals surface area contributed by atoms with Crippen molar-refractivity contribution in [1.82, 2.24) is 0 Å². The Balaban J connectivity index is 0.000000142. The first kappa shape index (κ1) is 28.3. The number of aromatic hydroxyl groups is 4. The van der Waals surface area contributed by atoms with E-state index in [9.17, 15) is 29.6 Å². The van der Waals surface area contributed by atoms with E-state index in [-0.39, 0.29) is 41.8 Å². The summed E-state index contributed by atoms with van der Waals surface area (Å²) in [6, 6.07) is 6.89. The molecule has 15 heteroatoms. The second kappa shape index (κ2) is 11.2. The minimum Gasteiger partial charge on any atom is -0.504 e. The van der Waals surface area contributed by atoms with Crippen LogP contribution < -0.4 is 9.47 Å². The summed E-state index contributed by atoms with van der Waals surface area (Å²) in [4.78, 5) is 42.9. The van der Waals surface area contributed by atoms with Gasteiger partial charge in [-0.3, -0.25) is 10.1 Å². The van der Waals surface area contributed by atoms with Crippen molar-refractivity contribution in [2.45, 2.75) is 19.8 Å². The van der Waals surface area contributed by atoms with Crippen molar-refractivity contribution >= 4 is 23.6 Å². The van der Waals surface area contributed by atoms with Crippen LogP contribution in [0.25, 0.3) is 0 Å². The molecule has 0 atom stereocenters. The van der Waals surface area contributed by atoms with Crippen molar-refractivity contribution in [3.05, 3.63) is 73.8 Å². The van der Waals surface area contributed by atoms with Gasteiger partial charge >= 0.3 is 23.6 Å². The Morgan fingerprint density at radius 2 is 1.15 bits per heavy atom. The van der Waals surface area contributed by atoms with Crippen molar-refractivity contribution in [2.24, 2.45) is 0 Å². The lowest BCUT2D eigenvalue weighted by Gasteiger charge is -2.07. The zero-order valence-electron chi connectivity index (χ0n) is 21.3. The zero-order chi connectivity index (χ0) is 30.0. The number of fused-ring (bicyclic) bond motifs is 3. The van der Waals surface area contributed by atoms with Crippen LogP contribution in [0.4, 0.5) is 5.69 Å². The molecule has 0 spiro atoms. The maximum Gasteiger partial charge on any atom is 0.339 e. The number of hydrogen-bond donors (Lipinski definition) is 4. The molecule has 0 fully saturated rings. The molecular formula is C26H21NO14. The minimum absolute atomic E-state index is 0.0136. The molecule has 0 aromatic heterocycles. The molecular weight excluding hydrogens is 550 g/mol. The summed E-state index contributed by atoms with van der Waals surface area (Å²) in [6.07, 6.45) is 0. The van der Waals surface area contributed by atoms with Crippen LogP contribution in [0.5, 0.6) is 34.5 Å². The molecule has 41 heavy (non-hydrogen) atoms. The second-order valence-corrected chi connectivity index (χ2v) is 8.47. The van der Waals surface area contributed by atoms with Crippen LogP contribution in [0.2, 0.25) is 0 Å². The van der Waals surface area contributed by atoms with Crippen molar-refractivity contribution in [1.29, 1.82) is 0 Å². The number of phenolic OH excluding ortho intramolecular Hbond substituents is 4. The van der Waals surface area contributed by atoms with Gasteiger partial charge in [-0.1, -0.05) is 0 Å². The molecule has 3 aromatic rings. The maximum atomic E-state index is 11.2. The lowest BCUT2D eigenvalue weighted by Crippen LogP contribution is -1.97. The summed E-state index contributed by atoms with van der Waals surface area (Å²) in [5, 5.41) is 47.1. The summed E-state index contributed by atoms with van der Waals surface area (Å²) in [7, 11) is 3.09. The lowest BCUT2D eigenvalue weighted by atomic mass is 10.1. The fraction of sp³-hybridized carbons (Fsp3) is 0.192. The van der Waals surface area contributed by atoms with Crippen LogP contribution in [-0.4, -0.2) is 57.5 Å². The third-order valence-electron chi connectivity index (χ3n) is 6.08. The summed E-state index contributed by atoms with van der Waals surface area (Å²) < 4.78 is 24.3. The highest BCUT2D eigenvalue weighted by atomic mass is 16.6. The molecule has 15 nitrogen and oxygen atoms in total. The third kappa shape index (κ3) is 5.40. The average molecular weight is 571 g/mol. The van der Waals surface area contributed by atoms with E-state index in [4.69, 9.17) is 29.5 Å². The Morgan fingerprint density at radius 3 is 1.73 bits per heavy atom. The molecule has 3 aromatic carbocycles. The van der Waals surface area contributed by atoms with Gasteiger partial charge in [0.15, 0.2) is 28.7 Å². The van der Waals surface area contributed by atoms with E-state index in [0.717, 1.165) is 11.6 Å². The van der Waals surface area contributed by atoms with E-state index >= 15 is 0 Å². The minimum atomic E-state index is -0.865. The first-order valence-corrected chi connectivity index (χ1v) is 11.5. The molecule has 0 saturated heterocycles. The molecule has 0 amide bonds. The van der Waals surface area contributed by atoms with Crippen LogP contribution in [-0.2, 0) is 34.0 Å². The Labute approximate surface area is 229 Å². The number of phenols is 4. The lowest BCUT2D eigenvalue weighted by molar-refractivity contribution is -0.386. The van der Waals surface area contributed by atoms with Gasteiger partial charge in [0.2, 0.25) is 5.75 Å². The molecule has 3 aliphatic rings. The smallest absolute Gasteiger partial charge is 0.339 e. The molecule has 214 valence electrons. The van der Waals surface area contributed by atoms with Crippen LogP contribution >= 0.6 is 0 Å². The number of rotatable bonds is 3. The Kier molecular flexibility index (Phi) is 7.71. The molecule has 0 radical (unpaired) electrons. The molecule has 0 unspecified atom stereocenters. The normalized spacial score (nSPS) is 13.7. The topological polar surface area (TPSA) is 221 Å². The predicted molar refractivity (Wildman–Crippen MR) is 133 cm³/mol. The van der Waals surface area contributed by atoms with Gasteiger partial charge in [0.1, 0.15) is 19.8 Å². The first-order valence-electron chi connectivity index (χ1n) is 11.5. The van der Waals surface area contributed by atoms with E-state index in [1.54, 1.807) is 19.2 Å². The molecule has 4 N–H and O–H groups in total. The van der Waals surface area contributed by atoms with Gasteiger partial charge in [-0.05, 0) is 30.3 Å². The molecule has 6 rings (SSSR count). The first-order chi connectivity index (χ1) is 19.5. The number of methoxy groups -OCH3 is 2. The number of benzene rings is 3. The molecule has 3 heterocycles. The van der Waals surface area contributed by atoms with Gasteiger partial charge < -0.3 is 44.1 Å². The van der Waals surface area contributed by atoms with Gasteiger partial charge in [-0.15, -0.1) is 0 Å². The number of nitro benzene ring substituents is 1. The largest absolute Gasteiger partial charge is 0.504 e. The molecule has 0 aliphatic carbocycles. The van der Waals surface area contributed by atoms with Gasteiger partial charge in [-0.25, -0.2) is 14.4 Å². The fourth-order valence-electron chi connectivity index (χ4n) is 4.03. The van der Waals surface area contributed by atoms with Crippen molar-refractivity contribution in [2.75, 3.05) is 14.2 Å². The Bertz CT molecular complexity index is 1600. The number of carbonyl (C=O) groups is 3. The third-order valence-corrected chi connectivity index (χ3v) is 6.08. The monoisotopic (exact) mass is 571 g/mol. The highest BCUT2D eigenvalue weighted by Gasteiger charge is 2.34. The molecule has 0 saturated carbocycles. The van der Waals surface area contributed by atoms with E-state index < -0.39 is 34.0 Å². The molecule has 3 aliphatic heterocycles. The number of nitro groups is 1. The van der Waals surface area contributed by atoms with Crippen molar-refractivity contribution in [3.8, 4) is 34.5 Å². The average Bonchev–Trinajstić information content (AvgIpc) is 3.61. The number of hydrogen-bond acceptors (Lipinski definition) is 14. The fourth-order valence-corrected chi connectivity index (χ4v) is 4.03. The van der Waals surface area contributed by atoms with Crippen LogP contribution in [0.1, 0.15) is 47.8 Å². The van der Waals surface area contributed by atoms with E-state index in [2.05, 4.69) is 9.47 Å². The number of cyclic esters (lactones) is 3. The highest BCUT2D eigenvalue weighted by molar-refractivity contribution is 5.96. The van der Waals surface area contributed by atoms with E-state index in [0.29, 0.717) is 34.8 Å². The Morgan fingerprint density at radius 1 is 0.683 bits per heavy atom. The van der Waals surface area contributed by atoms with E-state index in [1.165, 1.54) is 19.2 Å². The standard InChI is InChI=1S/C10H10O4.C8H5NO6.C8H6O4/c1-12-8-3-6-5-14-10(11)7(6)4-9(8)13-2;10-5-1-3-4(2-15-8(3)12)6(7(5)11)9(13)14;9-6-1-4-3-12-8(11)5(4)2-7(6)10/h3-4H,5H2,1-2H3;1,10-11H,2H2;1-2,9-10H,3H2. The van der Waals surface area contributed by atoms with Crippen LogP contribution in [0, 0.1) is 10.1 Å².